The fraction of sp³-hybridized carbons (Fsp3) is 0.667. The van der Waals surface area contributed by atoms with Crippen molar-refractivity contribution in [3.63, 3.8) is 0 Å². The van der Waals surface area contributed by atoms with E-state index in [0.717, 1.165) is 0 Å². The molecule has 0 aliphatic heterocycles. The third kappa shape index (κ3) is 8.75. The minimum Gasteiger partial charge on any atom is -0.480 e. The molecule has 0 aliphatic rings. The smallest absolute Gasteiger partial charge is 0.328 e. The van der Waals surface area contributed by atoms with Gasteiger partial charge < -0.3 is 42.7 Å². The second kappa shape index (κ2) is 11.8. The molecule has 0 spiro atoms. The SMILES string of the molecule is CC(NC(=O)C(CCC(N)=O)NC(=O)C(N)CO)C(=O)NC(C(=O)O)C(C)O. The van der Waals surface area contributed by atoms with Crippen LogP contribution in [0, 0.1) is 0 Å². The van der Waals surface area contributed by atoms with Crippen LogP contribution in [0.15, 0.2) is 0 Å². The maximum absolute atomic E-state index is 12.3. The summed E-state index contributed by atoms with van der Waals surface area (Å²) in [6.07, 6.45) is -1.83. The number of aliphatic carboxylic acids is 1. The van der Waals surface area contributed by atoms with Crippen LogP contribution >= 0.6 is 0 Å². The molecule has 0 radical (unpaired) electrons. The van der Waals surface area contributed by atoms with E-state index in [4.69, 9.17) is 21.7 Å². The molecule has 10 N–H and O–H groups in total. The molecule has 5 atom stereocenters. The standard InChI is InChI=1S/C15H27N5O8/c1-6(12(24)20-11(7(2)22)15(27)28)18-14(26)9(3-4-10(17)23)19-13(25)8(16)5-21/h6-9,11,21-22H,3-5,16H2,1-2H3,(H2,17,23)(H,18,26)(H,19,25)(H,20,24)(H,27,28). The first-order chi connectivity index (χ1) is 12.9. The lowest BCUT2D eigenvalue weighted by Gasteiger charge is -2.23. The minimum atomic E-state index is -1.58. The van der Waals surface area contributed by atoms with E-state index in [2.05, 4.69) is 16.0 Å². The van der Waals surface area contributed by atoms with Crippen LogP contribution in [0.5, 0.6) is 0 Å². The molecule has 13 nitrogen and oxygen atoms in total. The first kappa shape index (κ1) is 25.2. The van der Waals surface area contributed by atoms with Gasteiger partial charge in [-0.3, -0.25) is 19.2 Å². The highest BCUT2D eigenvalue weighted by Gasteiger charge is 2.30. The molecular weight excluding hydrogens is 378 g/mol. The maximum Gasteiger partial charge on any atom is 0.328 e. The van der Waals surface area contributed by atoms with E-state index in [0.29, 0.717) is 0 Å². The highest BCUT2D eigenvalue weighted by atomic mass is 16.4. The predicted molar refractivity (Wildman–Crippen MR) is 94.3 cm³/mol. The number of nitrogens with two attached hydrogens (primary N) is 2. The number of carbonyl (C=O) groups is 5. The van der Waals surface area contributed by atoms with Crippen molar-refractivity contribution >= 4 is 29.6 Å². The van der Waals surface area contributed by atoms with Crippen LogP contribution in [0.25, 0.3) is 0 Å². The number of amides is 4. The Morgan fingerprint density at radius 2 is 1.54 bits per heavy atom. The molecule has 4 amide bonds. The monoisotopic (exact) mass is 405 g/mol. The molecule has 0 saturated carbocycles. The van der Waals surface area contributed by atoms with Crippen LogP contribution < -0.4 is 27.4 Å². The van der Waals surface area contributed by atoms with Crippen molar-refractivity contribution in [3.05, 3.63) is 0 Å². The average molecular weight is 405 g/mol. The number of carboxylic acid groups (broad SMARTS) is 1. The zero-order chi connectivity index (χ0) is 22.0. The molecule has 160 valence electrons. The van der Waals surface area contributed by atoms with Gasteiger partial charge in [0, 0.05) is 6.42 Å². The first-order valence-corrected chi connectivity index (χ1v) is 8.37. The fourth-order valence-corrected chi connectivity index (χ4v) is 1.96. The van der Waals surface area contributed by atoms with Gasteiger partial charge in [0.25, 0.3) is 0 Å². The van der Waals surface area contributed by atoms with E-state index in [1.807, 2.05) is 0 Å². The number of primary amides is 1. The summed E-state index contributed by atoms with van der Waals surface area (Å²) in [5.41, 5.74) is 10.4. The predicted octanol–water partition coefficient (Wildman–Crippen LogP) is -4.49. The molecule has 0 fully saturated rings. The van der Waals surface area contributed by atoms with Crippen molar-refractivity contribution in [2.24, 2.45) is 11.5 Å². The Morgan fingerprint density at radius 1 is 0.964 bits per heavy atom. The minimum absolute atomic E-state index is 0.190. The molecule has 0 rings (SSSR count). The third-order valence-corrected chi connectivity index (χ3v) is 3.64. The van der Waals surface area contributed by atoms with E-state index in [1.54, 1.807) is 0 Å². The Bertz CT molecular complexity index is 597. The summed E-state index contributed by atoms with van der Waals surface area (Å²) in [6, 6.07) is -5.39. The van der Waals surface area contributed by atoms with Crippen molar-refractivity contribution in [2.45, 2.75) is 57.0 Å². The summed E-state index contributed by atoms with van der Waals surface area (Å²) in [4.78, 5) is 58.1. The number of nitrogens with one attached hydrogen (secondary N) is 3. The van der Waals surface area contributed by atoms with Crippen LogP contribution in [-0.4, -0.2) is 81.8 Å². The van der Waals surface area contributed by atoms with Gasteiger partial charge in [0.1, 0.15) is 18.1 Å². The summed E-state index contributed by atoms with van der Waals surface area (Å²) in [5, 5.41) is 33.8. The van der Waals surface area contributed by atoms with E-state index in [-0.39, 0.29) is 12.8 Å². The van der Waals surface area contributed by atoms with Crippen molar-refractivity contribution in [2.75, 3.05) is 6.61 Å². The van der Waals surface area contributed by atoms with Crippen LogP contribution in [0.4, 0.5) is 0 Å². The van der Waals surface area contributed by atoms with Crippen LogP contribution in [0.2, 0.25) is 0 Å². The Labute approximate surface area is 160 Å². The lowest BCUT2D eigenvalue weighted by atomic mass is 10.1. The molecule has 13 heteroatoms. The third-order valence-electron chi connectivity index (χ3n) is 3.64. The number of hydrogen-bond donors (Lipinski definition) is 8. The summed E-state index contributed by atoms with van der Waals surface area (Å²) in [5.74, 6) is -4.80. The molecule has 5 unspecified atom stereocenters. The summed E-state index contributed by atoms with van der Waals surface area (Å²) in [7, 11) is 0. The highest BCUT2D eigenvalue weighted by molar-refractivity contribution is 5.94. The Hall–Kier alpha value is -2.77. The van der Waals surface area contributed by atoms with Gasteiger partial charge in [-0.05, 0) is 20.3 Å². The molecular formula is C15H27N5O8. The molecule has 0 aromatic rings. The zero-order valence-corrected chi connectivity index (χ0v) is 15.5. The van der Waals surface area contributed by atoms with Gasteiger partial charge in [-0.1, -0.05) is 0 Å². The number of carboxylic acids is 1. The Morgan fingerprint density at radius 3 is 1.96 bits per heavy atom. The Kier molecular flexibility index (Phi) is 10.7. The molecule has 0 bridgehead atoms. The number of hydrogen-bond acceptors (Lipinski definition) is 8. The maximum atomic E-state index is 12.3. The number of carbonyl (C=O) groups excluding carboxylic acids is 4. The molecule has 0 saturated heterocycles. The zero-order valence-electron chi connectivity index (χ0n) is 15.5. The quantitative estimate of drug-likeness (QED) is 0.156. The number of rotatable bonds is 12. The van der Waals surface area contributed by atoms with Gasteiger partial charge in [0.05, 0.1) is 12.7 Å². The van der Waals surface area contributed by atoms with E-state index >= 15 is 0 Å². The van der Waals surface area contributed by atoms with Crippen LogP contribution in [-0.2, 0) is 24.0 Å². The van der Waals surface area contributed by atoms with Crippen molar-refractivity contribution < 1.29 is 39.3 Å². The summed E-state index contributed by atoms with van der Waals surface area (Å²) >= 11 is 0. The normalized spacial score (nSPS) is 16.0. The molecule has 0 heterocycles. The fourth-order valence-electron chi connectivity index (χ4n) is 1.96. The lowest BCUT2D eigenvalue weighted by molar-refractivity contribution is -0.145. The summed E-state index contributed by atoms with van der Waals surface area (Å²) < 4.78 is 0. The van der Waals surface area contributed by atoms with Gasteiger partial charge in [-0.2, -0.15) is 0 Å². The largest absolute Gasteiger partial charge is 0.480 e. The van der Waals surface area contributed by atoms with Gasteiger partial charge in [-0.25, -0.2) is 4.79 Å². The number of aliphatic hydroxyl groups excluding tert-OH is 2. The molecule has 0 aromatic heterocycles. The van der Waals surface area contributed by atoms with Gasteiger partial charge in [0.15, 0.2) is 6.04 Å². The van der Waals surface area contributed by atoms with Gasteiger partial charge in [-0.15, -0.1) is 0 Å². The molecule has 28 heavy (non-hydrogen) atoms. The number of aliphatic hydroxyl groups is 2. The van der Waals surface area contributed by atoms with E-state index in [1.165, 1.54) is 13.8 Å². The van der Waals surface area contributed by atoms with Crippen molar-refractivity contribution in [1.29, 1.82) is 0 Å². The van der Waals surface area contributed by atoms with Gasteiger partial charge in [0.2, 0.25) is 23.6 Å². The molecule has 0 aromatic carbocycles. The van der Waals surface area contributed by atoms with E-state index in [9.17, 15) is 29.1 Å². The Balaban J connectivity index is 5.06. The second-order valence-corrected chi connectivity index (χ2v) is 6.15. The first-order valence-electron chi connectivity index (χ1n) is 8.37. The summed E-state index contributed by atoms with van der Waals surface area (Å²) in [6.45, 7) is 1.74. The molecule has 0 aliphatic carbocycles. The van der Waals surface area contributed by atoms with Crippen molar-refractivity contribution in [3.8, 4) is 0 Å². The van der Waals surface area contributed by atoms with E-state index < -0.39 is 66.5 Å². The van der Waals surface area contributed by atoms with Gasteiger partial charge >= 0.3 is 5.97 Å². The average Bonchev–Trinajstić information content (AvgIpc) is 2.60. The second-order valence-electron chi connectivity index (χ2n) is 6.15. The van der Waals surface area contributed by atoms with Crippen LogP contribution in [0.1, 0.15) is 26.7 Å². The highest BCUT2D eigenvalue weighted by Crippen LogP contribution is 2.01. The lowest BCUT2D eigenvalue weighted by Crippen LogP contribution is -2.57. The topological polar surface area (TPSA) is 234 Å². The van der Waals surface area contributed by atoms with Crippen LogP contribution in [0.3, 0.4) is 0 Å². The van der Waals surface area contributed by atoms with Crippen molar-refractivity contribution in [1.82, 2.24) is 16.0 Å².